The molecule has 7 rings (SSSR count). The fraction of sp³-hybridized carbons (Fsp3) is 0.577. The molecule has 174 valence electrons. The lowest BCUT2D eigenvalue weighted by Gasteiger charge is -2.54. The van der Waals surface area contributed by atoms with Gasteiger partial charge in [0.25, 0.3) is 5.91 Å². The van der Waals surface area contributed by atoms with Gasteiger partial charge in [-0.15, -0.1) is 11.3 Å². The Morgan fingerprint density at radius 1 is 0.939 bits per heavy atom. The van der Waals surface area contributed by atoms with E-state index in [4.69, 9.17) is 0 Å². The summed E-state index contributed by atoms with van der Waals surface area (Å²) in [5, 5.41) is 1.91. The minimum atomic E-state index is -1.14. The van der Waals surface area contributed by atoms with Gasteiger partial charge in [-0.05, 0) is 92.0 Å². The number of amides is 1. The molecule has 5 aliphatic rings. The topological polar surface area (TPSA) is 40.6 Å². The molecule has 3 heterocycles. The Hall–Kier alpha value is -1.02. The molecule has 4 fully saturated rings. The predicted molar refractivity (Wildman–Crippen MR) is 136 cm³/mol. The summed E-state index contributed by atoms with van der Waals surface area (Å²) in [6, 6.07) is 8.30. The fourth-order valence-corrected chi connectivity index (χ4v) is 9.82. The van der Waals surface area contributed by atoms with Gasteiger partial charge in [-0.2, -0.15) is 0 Å². The van der Waals surface area contributed by atoms with Crippen molar-refractivity contribution in [3.63, 3.8) is 0 Å². The molecule has 3 saturated carbocycles. The van der Waals surface area contributed by atoms with Gasteiger partial charge in [0.05, 0.1) is 5.56 Å². The van der Waals surface area contributed by atoms with Crippen molar-refractivity contribution in [2.24, 2.45) is 10.8 Å². The molecule has 1 saturated heterocycles. The minimum Gasteiger partial charge on any atom is -0.307 e. The number of carbonyl (C=O) groups excluding carboxylic acids is 1. The number of hydrogen-bond donors (Lipinski definition) is 0. The molecule has 1 unspecified atom stereocenters. The first-order valence-corrected chi connectivity index (χ1v) is 15.1. The molecule has 33 heavy (non-hydrogen) atoms. The van der Waals surface area contributed by atoms with E-state index in [-0.39, 0.29) is 11.3 Å². The van der Waals surface area contributed by atoms with E-state index in [2.05, 4.69) is 38.4 Å². The molecule has 4 nitrogen and oxygen atoms in total. The van der Waals surface area contributed by atoms with Gasteiger partial charge in [0, 0.05) is 40.6 Å². The van der Waals surface area contributed by atoms with E-state index >= 15 is 0 Å². The van der Waals surface area contributed by atoms with Crippen LogP contribution in [-0.4, -0.2) is 34.1 Å². The standard InChI is InChI=1S/C26H29BrN2O2S2/c27-19-2-3-21-20(13-19)26(10-8-24(6-7-24)9-11-26)17-29(21)23(30)18-12-22(32-14-18)33(31)28-15-25(16-28)4-1-5-25/h2-3,12-14H,1,4-11,15-17H2. The summed E-state index contributed by atoms with van der Waals surface area (Å²) in [7, 11) is -1.14. The molecule has 0 radical (unpaired) electrons. The number of carbonyl (C=O) groups is 1. The number of thiophene rings is 1. The van der Waals surface area contributed by atoms with Gasteiger partial charge in [-0.1, -0.05) is 22.4 Å². The molecule has 2 aliphatic heterocycles. The summed E-state index contributed by atoms with van der Waals surface area (Å²) in [6.07, 6.45) is 11.6. The average molecular weight is 546 g/mol. The van der Waals surface area contributed by atoms with E-state index in [1.807, 2.05) is 16.3 Å². The highest BCUT2D eigenvalue weighted by Crippen LogP contribution is 2.62. The molecule has 0 N–H and O–H groups in total. The fourth-order valence-electron chi connectivity index (χ4n) is 6.80. The Kier molecular flexibility index (Phi) is 4.67. The van der Waals surface area contributed by atoms with Crippen LogP contribution in [0, 0.1) is 10.8 Å². The Morgan fingerprint density at radius 2 is 1.67 bits per heavy atom. The van der Waals surface area contributed by atoms with Gasteiger partial charge in [-0.3, -0.25) is 4.79 Å². The molecule has 1 atom stereocenters. The van der Waals surface area contributed by atoms with Crippen molar-refractivity contribution in [1.29, 1.82) is 0 Å². The van der Waals surface area contributed by atoms with E-state index in [9.17, 15) is 9.00 Å². The first-order chi connectivity index (χ1) is 15.9. The van der Waals surface area contributed by atoms with Crippen LogP contribution in [0.25, 0.3) is 0 Å². The minimum absolute atomic E-state index is 0.0562. The average Bonchev–Trinajstić information content (AvgIpc) is 3.21. The van der Waals surface area contributed by atoms with Crippen molar-refractivity contribution in [1.82, 2.24) is 4.31 Å². The summed E-state index contributed by atoms with van der Waals surface area (Å²) in [5.74, 6) is 0.0562. The molecule has 1 amide bonds. The highest BCUT2D eigenvalue weighted by molar-refractivity contribution is 9.10. The summed E-state index contributed by atoms with van der Waals surface area (Å²) < 4.78 is 17.1. The number of anilines is 1. The summed E-state index contributed by atoms with van der Waals surface area (Å²) in [5.41, 5.74) is 4.24. The largest absolute Gasteiger partial charge is 0.307 e. The van der Waals surface area contributed by atoms with Crippen molar-refractivity contribution >= 4 is 49.8 Å². The van der Waals surface area contributed by atoms with Crippen molar-refractivity contribution < 1.29 is 9.00 Å². The lowest BCUT2D eigenvalue weighted by Crippen LogP contribution is -2.59. The molecule has 1 aromatic carbocycles. The Morgan fingerprint density at radius 3 is 2.33 bits per heavy atom. The van der Waals surface area contributed by atoms with Gasteiger partial charge in [0.15, 0.2) is 0 Å². The lowest BCUT2D eigenvalue weighted by atomic mass is 9.65. The van der Waals surface area contributed by atoms with Crippen LogP contribution in [0.15, 0.2) is 38.3 Å². The van der Waals surface area contributed by atoms with E-state index < -0.39 is 11.0 Å². The molecule has 7 heteroatoms. The Balaban J connectivity index is 1.13. The molecule has 1 aromatic heterocycles. The monoisotopic (exact) mass is 544 g/mol. The Labute approximate surface area is 210 Å². The van der Waals surface area contributed by atoms with Crippen molar-refractivity contribution in [2.45, 2.75) is 67.4 Å². The summed E-state index contributed by atoms with van der Waals surface area (Å²) >= 11 is 5.14. The van der Waals surface area contributed by atoms with E-state index in [1.54, 1.807) is 0 Å². The van der Waals surface area contributed by atoms with Gasteiger partial charge in [-0.25, -0.2) is 8.51 Å². The summed E-state index contributed by atoms with van der Waals surface area (Å²) in [6.45, 7) is 2.66. The zero-order valence-corrected chi connectivity index (χ0v) is 22.0. The zero-order chi connectivity index (χ0) is 22.4. The molecule has 3 aliphatic carbocycles. The number of benzene rings is 1. The smallest absolute Gasteiger partial charge is 0.259 e. The number of rotatable bonds is 3. The van der Waals surface area contributed by atoms with Crippen LogP contribution in [0.2, 0.25) is 0 Å². The maximum atomic E-state index is 13.7. The predicted octanol–water partition coefficient (Wildman–Crippen LogP) is 6.27. The van der Waals surface area contributed by atoms with E-state index in [1.165, 1.54) is 74.7 Å². The molecular weight excluding hydrogens is 516 g/mol. The van der Waals surface area contributed by atoms with Crippen LogP contribution < -0.4 is 4.90 Å². The highest BCUT2D eigenvalue weighted by atomic mass is 79.9. The van der Waals surface area contributed by atoms with Crippen LogP contribution in [0.5, 0.6) is 0 Å². The number of hydrogen-bond acceptors (Lipinski definition) is 3. The third-order valence-electron chi connectivity index (χ3n) is 9.42. The van der Waals surface area contributed by atoms with Gasteiger partial charge >= 0.3 is 0 Å². The number of fused-ring (bicyclic) bond motifs is 2. The van der Waals surface area contributed by atoms with Gasteiger partial charge in [0.2, 0.25) is 0 Å². The van der Waals surface area contributed by atoms with Crippen LogP contribution in [0.1, 0.15) is 73.7 Å². The SMILES string of the molecule is O=C(c1csc(S(=O)N2CC3(CCC3)C2)c1)N1CC2(CCC3(CC3)CC2)c2cc(Br)ccc21. The van der Waals surface area contributed by atoms with Crippen LogP contribution >= 0.6 is 27.3 Å². The zero-order valence-electron chi connectivity index (χ0n) is 18.8. The second kappa shape index (κ2) is 7.25. The molecular formula is C26H29BrN2O2S2. The number of nitrogens with zero attached hydrogens (tertiary/aromatic N) is 2. The molecule has 0 bridgehead atoms. The second-order valence-corrected chi connectivity index (χ2v) is 14.9. The molecule has 3 spiro atoms. The van der Waals surface area contributed by atoms with Crippen LogP contribution in [0.3, 0.4) is 0 Å². The van der Waals surface area contributed by atoms with E-state index in [0.29, 0.717) is 16.4 Å². The maximum Gasteiger partial charge on any atom is 0.259 e. The van der Waals surface area contributed by atoms with Crippen molar-refractivity contribution in [2.75, 3.05) is 24.5 Å². The lowest BCUT2D eigenvalue weighted by molar-refractivity contribution is -0.00474. The summed E-state index contributed by atoms with van der Waals surface area (Å²) in [4.78, 5) is 15.7. The quantitative estimate of drug-likeness (QED) is 0.456. The Bertz CT molecular complexity index is 1160. The normalized spacial score (nSPS) is 26.8. The van der Waals surface area contributed by atoms with Crippen LogP contribution in [-0.2, 0) is 16.4 Å². The maximum absolute atomic E-state index is 13.7. The van der Waals surface area contributed by atoms with Crippen LogP contribution in [0.4, 0.5) is 5.69 Å². The third kappa shape index (κ3) is 3.29. The first-order valence-electron chi connectivity index (χ1n) is 12.3. The van der Waals surface area contributed by atoms with Crippen molar-refractivity contribution in [3.05, 3.63) is 45.2 Å². The number of halogens is 1. The van der Waals surface area contributed by atoms with Crippen molar-refractivity contribution in [3.8, 4) is 0 Å². The molecule has 2 aromatic rings. The van der Waals surface area contributed by atoms with Gasteiger partial charge in [0.1, 0.15) is 15.2 Å². The van der Waals surface area contributed by atoms with Gasteiger partial charge < -0.3 is 4.90 Å². The van der Waals surface area contributed by atoms with E-state index in [0.717, 1.165) is 34.0 Å². The highest BCUT2D eigenvalue weighted by Gasteiger charge is 2.54. The second-order valence-electron chi connectivity index (χ2n) is 11.4. The third-order valence-corrected chi connectivity index (χ3v) is 12.5. The first kappa shape index (κ1) is 21.3.